The molecule has 0 bridgehead atoms. The molecule has 4 rings (SSSR count). The van der Waals surface area contributed by atoms with Crippen LogP contribution in [0.5, 0.6) is 23.0 Å². The zero-order chi connectivity index (χ0) is 24.7. The molecule has 1 saturated heterocycles. The average Bonchev–Trinajstić information content (AvgIpc) is 2.83. The first-order chi connectivity index (χ1) is 16.2. The summed E-state index contributed by atoms with van der Waals surface area (Å²) in [5.74, 6) is -0.906. The van der Waals surface area contributed by atoms with Crippen LogP contribution >= 0.6 is 0 Å². The topological polar surface area (TPSA) is 179 Å². The predicted octanol–water partition coefficient (Wildman–Crippen LogP) is 0.403. The summed E-state index contributed by atoms with van der Waals surface area (Å²) in [6.45, 7) is -0.681. The highest BCUT2D eigenvalue weighted by Gasteiger charge is 2.47. The molecule has 2 heterocycles. The lowest BCUT2D eigenvalue weighted by Crippen LogP contribution is -2.55. The first-order valence-electron chi connectivity index (χ1n) is 10.3. The molecule has 34 heavy (non-hydrogen) atoms. The zero-order valence-electron chi connectivity index (χ0n) is 18.2. The van der Waals surface area contributed by atoms with Gasteiger partial charge in [-0.2, -0.15) is 0 Å². The van der Waals surface area contributed by atoms with E-state index in [0.717, 1.165) is 6.07 Å². The minimum absolute atomic E-state index is 0.00190. The van der Waals surface area contributed by atoms with Gasteiger partial charge in [0.05, 0.1) is 26.4 Å². The molecule has 2 aromatic carbocycles. The van der Waals surface area contributed by atoms with Crippen molar-refractivity contribution >= 4 is 11.0 Å². The highest BCUT2D eigenvalue weighted by atomic mass is 16.5. The Bertz CT molecular complexity index is 1250. The number of rotatable bonds is 5. The van der Waals surface area contributed by atoms with E-state index >= 15 is 0 Å². The van der Waals surface area contributed by atoms with Crippen LogP contribution in [0.3, 0.4) is 0 Å². The number of hydrogen-bond acceptors (Lipinski definition) is 11. The van der Waals surface area contributed by atoms with Crippen molar-refractivity contribution in [1.82, 2.24) is 0 Å². The fourth-order valence-corrected chi connectivity index (χ4v) is 4.11. The SMILES string of the molecule is COc1c(OC)c(O)c2c(=O)cc(-c3ccc(O)cc3)oc2c1[C@@H]1OC(CO)[C@H](O)[C@H](O)C1O. The lowest BCUT2D eigenvalue weighted by atomic mass is 9.89. The highest BCUT2D eigenvalue weighted by molar-refractivity contribution is 5.93. The predicted molar refractivity (Wildman–Crippen MR) is 117 cm³/mol. The highest BCUT2D eigenvalue weighted by Crippen LogP contribution is 2.50. The van der Waals surface area contributed by atoms with Crippen LogP contribution in [0.4, 0.5) is 0 Å². The van der Waals surface area contributed by atoms with Crippen LogP contribution in [0.15, 0.2) is 39.5 Å². The fraction of sp³-hybridized carbons (Fsp3) is 0.348. The number of methoxy groups -OCH3 is 2. The molecule has 0 amide bonds. The number of phenolic OH excluding ortho intramolecular Hbond substituents is 2. The largest absolute Gasteiger partial charge is 0.508 e. The maximum atomic E-state index is 13.1. The number of benzene rings is 2. The monoisotopic (exact) mass is 476 g/mol. The Labute approximate surface area is 192 Å². The van der Waals surface area contributed by atoms with Gasteiger partial charge in [0.1, 0.15) is 47.4 Å². The fourth-order valence-electron chi connectivity index (χ4n) is 4.11. The summed E-state index contributed by atoms with van der Waals surface area (Å²) in [6, 6.07) is 6.94. The third kappa shape index (κ3) is 3.73. The molecule has 2 unspecified atom stereocenters. The summed E-state index contributed by atoms with van der Waals surface area (Å²) in [6.07, 6.45) is -7.78. The number of aliphatic hydroxyl groups excluding tert-OH is 4. The lowest BCUT2D eigenvalue weighted by Gasteiger charge is -2.40. The molecule has 182 valence electrons. The van der Waals surface area contributed by atoms with Crippen molar-refractivity contribution < 1.29 is 49.3 Å². The van der Waals surface area contributed by atoms with Gasteiger partial charge in [0.15, 0.2) is 22.5 Å². The third-order valence-electron chi connectivity index (χ3n) is 5.83. The number of hydrogen-bond donors (Lipinski definition) is 6. The van der Waals surface area contributed by atoms with Gasteiger partial charge in [0, 0.05) is 11.6 Å². The van der Waals surface area contributed by atoms with Crippen LogP contribution in [0.2, 0.25) is 0 Å². The molecular weight excluding hydrogens is 452 g/mol. The lowest BCUT2D eigenvalue weighted by molar-refractivity contribution is -0.231. The van der Waals surface area contributed by atoms with Gasteiger partial charge >= 0.3 is 0 Å². The van der Waals surface area contributed by atoms with E-state index in [0.29, 0.717) is 5.56 Å². The molecule has 3 aromatic rings. The zero-order valence-corrected chi connectivity index (χ0v) is 18.2. The number of phenols is 2. The van der Waals surface area contributed by atoms with Gasteiger partial charge in [0.2, 0.25) is 5.75 Å². The second-order valence-corrected chi connectivity index (χ2v) is 7.80. The summed E-state index contributed by atoms with van der Waals surface area (Å²) in [5, 5.41) is 60.9. The maximum Gasteiger partial charge on any atom is 0.204 e. The third-order valence-corrected chi connectivity index (χ3v) is 5.83. The summed E-state index contributed by atoms with van der Waals surface area (Å²) in [7, 11) is 2.48. The number of aliphatic hydroxyl groups is 4. The van der Waals surface area contributed by atoms with Crippen LogP contribution in [0.25, 0.3) is 22.3 Å². The Kier molecular flexibility index (Phi) is 6.39. The van der Waals surface area contributed by atoms with E-state index in [1.54, 1.807) is 0 Å². The summed E-state index contributed by atoms with van der Waals surface area (Å²) in [4.78, 5) is 13.1. The Morgan fingerprint density at radius 2 is 1.59 bits per heavy atom. The molecule has 0 radical (unpaired) electrons. The number of fused-ring (bicyclic) bond motifs is 1. The van der Waals surface area contributed by atoms with Crippen LogP contribution < -0.4 is 14.9 Å². The van der Waals surface area contributed by atoms with Gasteiger partial charge < -0.3 is 49.3 Å². The second kappa shape index (κ2) is 9.12. The molecule has 1 aliphatic rings. The number of aromatic hydroxyl groups is 2. The first-order valence-corrected chi connectivity index (χ1v) is 10.3. The van der Waals surface area contributed by atoms with Gasteiger partial charge in [0.25, 0.3) is 0 Å². The smallest absolute Gasteiger partial charge is 0.204 e. The summed E-state index contributed by atoms with van der Waals surface area (Å²) in [5.41, 5.74) is -0.545. The first kappa shape index (κ1) is 23.8. The summed E-state index contributed by atoms with van der Waals surface area (Å²) >= 11 is 0. The van der Waals surface area contributed by atoms with Crippen molar-refractivity contribution in [2.45, 2.75) is 30.5 Å². The van der Waals surface area contributed by atoms with Crippen molar-refractivity contribution in [1.29, 1.82) is 0 Å². The normalized spacial score (nSPS) is 24.8. The molecule has 0 spiro atoms. The van der Waals surface area contributed by atoms with Crippen LogP contribution in [-0.4, -0.2) is 75.9 Å². The van der Waals surface area contributed by atoms with Crippen molar-refractivity contribution in [3.05, 3.63) is 46.1 Å². The molecule has 11 nitrogen and oxygen atoms in total. The minimum atomic E-state index is -1.73. The van der Waals surface area contributed by atoms with Crippen LogP contribution in [-0.2, 0) is 4.74 Å². The molecule has 1 aliphatic heterocycles. The van der Waals surface area contributed by atoms with Crippen molar-refractivity contribution in [3.63, 3.8) is 0 Å². The van der Waals surface area contributed by atoms with Crippen LogP contribution in [0, 0.1) is 0 Å². The Morgan fingerprint density at radius 1 is 0.941 bits per heavy atom. The number of ether oxygens (including phenoxy) is 3. The molecule has 1 fully saturated rings. The van der Waals surface area contributed by atoms with Crippen LogP contribution in [0.1, 0.15) is 11.7 Å². The van der Waals surface area contributed by atoms with E-state index in [2.05, 4.69) is 0 Å². The quantitative estimate of drug-likeness (QED) is 0.300. The van der Waals surface area contributed by atoms with Gasteiger partial charge in [-0.15, -0.1) is 0 Å². The van der Waals surface area contributed by atoms with E-state index in [1.165, 1.54) is 38.5 Å². The average molecular weight is 476 g/mol. The maximum absolute atomic E-state index is 13.1. The van der Waals surface area contributed by atoms with E-state index in [9.17, 15) is 35.4 Å². The van der Waals surface area contributed by atoms with Crippen molar-refractivity contribution in [3.8, 4) is 34.3 Å². The van der Waals surface area contributed by atoms with Gasteiger partial charge in [-0.3, -0.25) is 4.79 Å². The molecule has 5 atom stereocenters. The van der Waals surface area contributed by atoms with E-state index in [4.69, 9.17) is 18.6 Å². The Morgan fingerprint density at radius 3 is 2.18 bits per heavy atom. The molecule has 1 aromatic heterocycles. The van der Waals surface area contributed by atoms with E-state index in [-0.39, 0.29) is 39.5 Å². The molecule has 0 saturated carbocycles. The Balaban J connectivity index is 2.06. The van der Waals surface area contributed by atoms with E-state index < -0.39 is 48.3 Å². The van der Waals surface area contributed by atoms with Gasteiger partial charge in [-0.25, -0.2) is 0 Å². The molecule has 0 aliphatic carbocycles. The molecule has 11 heteroatoms. The summed E-state index contributed by atoms with van der Waals surface area (Å²) < 4.78 is 22.3. The second-order valence-electron chi connectivity index (χ2n) is 7.80. The van der Waals surface area contributed by atoms with Crippen molar-refractivity contribution in [2.24, 2.45) is 0 Å². The van der Waals surface area contributed by atoms with Gasteiger partial charge in [-0.05, 0) is 24.3 Å². The molecule has 6 N–H and O–H groups in total. The van der Waals surface area contributed by atoms with E-state index in [1.807, 2.05) is 0 Å². The standard InChI is InChI=1S/C23H24O11/c1-31-22-15(21-19(30)18(29)16(27)13(8-24)34-21)20-14(17(28)23(22)32-2)11(26)7-12(33-20)9-3-5-10(25)6-4-9/h3-7,13,16,18-19,21,24-25,27-30H,8H2,1-2H3/t13?,16-,18-,19?,21-/m0/s1. The Hall–Kier alpha value is -3.35. The minimum Gasteiger partial charge on any atom is -0.508 e. The van der Waals surface area contributed by atoms with Crippen molar-refractivity contribution in [2.75, 3.05) is 20.8 Å². The van der Waals surface area contributed by atoms with Gasteiger partial charge in [-0.1, -0.05) is 0 Å². The molecular formula is C23H24O11.